The summed E-state index contributed by atoms with van der Waals surface area (Å²) in [4.78, 5) is 12.4. The molecule has 0 aliphatic carbocycles. The van der Waals surface area contributed by atoms with Crippen molar-refractivity contribution in [1.29, 1.82) is 0 Å². The molecule has 0 fully saturated rings. The van der Waals surface area contributed by atoms with Crippen LogP contribution in [0.4, 0.5) is 4.39 Å². The molecule has 0 unspecified atom stereocenters. The molecule has 0 aliphatic heterocycles. The van der Waals surface area contributed by atoms with Crippen molar-refractivity contribution in [2.45, 2.75) is 26.2 Å². The van der Waals surface area contributed by atoms with Crippen LogP contribution in [-0.4, -0.2) is 12.9 Å². The topological polar surface area (TPSA) is 26.3 Å². The Morgan fingerprint density at radius 2 is 1.76 bits per heavy atom. The number of carbonyl (C=O) groups is 1. The third-order valence-corrected chi connectivity index (χ3v) is 3.45. The second kappa shape index (κ2) is 7.02. The number of methoxy groups -OCH3 is 1. The van der Waals surface area contributed by atoms with Gasteiger partial charge in [-0.25, -0.2) is 4.39 Å². The summed E-state index contributed by atoms with van der Waals surface area (Å²) < 4.78 is 18.3. The van der Waals surface area contributed by atoms with Crippen molar-refractivity contribution in [3.63, 3.8) is 0 Å². The SMILES string of the molecule is CCCCc1ccc(C(=O)c2ccc(F)c(OC)c2)cc1. The number of carbonyl (C=O) groups excluding carboxylic acids is 1. The number of ether oxygens (including phenoxy) is 1. The monoisotopic (exact) mass is 286 g/mol. The van der Waals surface area contributed by atoms with Gasteiger partial charge in [0.1, 0.15) is 0 Å². The fraction of sp³-hybridized carbons (Fsp3) is 0.278. The summed E-state index contributed by atoms with van der Waals surface area (Å²) in [5.74, 6) is -0.514. The van der Waals surface area contributed by atoms with Gasteiger partial charge in [0.2, 0.25) is 0 Å². The van der Waals surface area contributed by atoms with Crippen LogP contribution < -0.4 is 4.74 Å². The van der Waals surface area contributed by atoms with Crippen molar-refractivity contribution in [2.24, 2.45) is 0 Å². The van der Waals surface area contributed by atoms with E-state index in [1.807, 2.05) is 24.3 Å². The van der Waals surface area contributed by atoms with Gasteiger partial charge in [-0.05, 0) is 36.6 Å². The highest BCUT2D eigenvalue weighted by atomic mass is 19.1. The minimum Gasteiger partial charge on any atom is -0.494 e. The average Bonchev–Trinajstić information content (AvgIpc) is 2.53. The Morgan fingerprint density at radius 1 is 1.10 bits per heavy atom. The van der Waals surface area contributed by atoms with Crippen LogP contribution in [-0.2, 0) is 6.42 Å². The number of hydrogen-bond acceptors (Lipinski definition) is 2. The Labute approximate surface area is 124 Å². The summed E-state index contributed by atoms with van der Waals surface area (Å²) in [6, 6.07) is 11.8. The Hall–Kier alpha value is -2.16. The number of halogens is 1. The molecule has 0 heterocycles. The summed E-state index contributed by atoms with van der Waals surface area (Å²) in [6.07, 6.45) is 3.31. The molecule has 0 saturated heterocycles. The minimum atomic E-state index is -0.469. The highest BCUT2D eigenvalue weighted by Gasteiger charge is 2.12. The number of benzene rings is 2. The zero-order valence-corrected chi connectivity index (χ0v) is 12.4. The molecule has 0 aliphatic rings. The number of aryl methyl sites for hydroxylation is 1. The van der Waals surface area contributed by atoms with Crippen LogP contribution in [0.15, 0.2) is 42.5 Å². The van der Waals surface area contributed by atoms with Gasteiger partial charge >= 0.3 is 0 Å². The molecular formula is C18H19FO2. The van der Waals surface area contributed by atoms with E-state index in [1.54, 1.807) is 0 Å². The fourth-order valence-electron chi connectivity index (χ4n) is 2.17. The van der Waals surface area contributed by atoms with E-state index in [1.165, 1.54) is 30.9 Å². The van der Waals surface area contributed by atoms with E-state index >= 15 is 0 Å². The third-order valence-electron chi connectivity index (χ3n) is 3.45. The lowest BCUT2D eigenvalue weighted by atomic mass is 10.0. The predicted molar refractivity (Wildman–Crippen MR) is 81.4 cm³/mol. The van der Waals surface area contributed by atoms with E-state index < -0.39 is 5.82 Å². The number of unbranched alkanes of at least 4 members (excludes halogenated alkanes) is 1. The van der Waals surface area contributed by atoms with Gasteiger partial charge < -0.3 is 4.74 Å². The molecular weight excluding hydrogens is 267 g/mol. The largest absolute Gasteiger partial charge is 0.494 e. The van der Waals surface area contributed by atoms with E-state index in [2.05, 4.69) is 6.92 Å². The summed E-state index contributed by atoms with van der Waals surface area (Å²) >= 11 is 0. The van der Waals surface area contributed by atoms with Crippen LogP contribution in [0.1, 0.15) is 41.3 Å². The van der Waals surface area contributed by atoms with E-state index in [0.717, 1.165) is 19.3 Å². The van der Waals surface area contributed by atoms with Crippen LogP contribution in [0.3, 0.4) is 0 Å². The highest BCUT2D eigenvalue weighted by molar-refractivity contribution is 6.09. The van der Waals surface area contributed by atoms with Crippen LogP contribution >= 0.6 is 0 Å². The second-order valence-corrected chi connectivity index (χ2v) is 4.98. The minimum absolute atomic E-state index is 0.0837. The highest BCUT2D eigenvalue weighted by Crippen LogP contribution is 2.20. The fourth-order valence-corrected chi connectivity index (χ4v) is 2.17. The molecule has 0 N–H and O–H groups in total. The second-order valence-electron chi connectivity index (χ2n) is 4.98. The molecule has 0 saturated carbocycles. The Balaban J connectivity index is 2.19. The third kappa shape index (κ3) is 3.69. The smallest absolute Gasteiger partial charge is 0.193 e. The van der Waals surface area contributed by atoms with Crippen molar-refractivity contribution < 1.29 is 13.9 Å². The van der Waals surface area contributed by atoms with E-state index in [0.29, 0.717) is 11.1 Å². The van der Waals surface area contributed by atoms with Gasteiger partial charge in [0.05, 0.1) is 7.11 Å². The Bertz CT molecular complexity index is 618. The summed E-state index contributed by atoms with van der Waals surface area (Å²) in [6.45, 7) is 2.15. The van der Waals surface area contributed by atoms with Gasteiger partial charge in [0, 0.05) is 11.1 Å². The molecule has 0 amide bonds. The van der Waals surface area contributed by atoms with E-state index in [4.69, 9.17) is 4.74 Å². The Morgan fingerprint density at radius 3 is 2.38 bits per heavy atom. The van der Waals surface area contributed by atoms with Crippen LogP contribution in [0.25, 0.3) is 0 Å². The maximum Gasteiger partial charge on any atom is 0.193 e. The summed E-state index contributed by atoms with van der Waals surface area (Å²) in [5, 5.41) is 0. The zero-order valence-electron chi connectivity index (χ0n) is 12.4. The lowest BCUT2D eigenvalue weighted by Crippen LogP contribution is -2.02. The van der Waals surface area contributed by atoms with Crippen molar-refractivity contribution in [3.8, 4) is 5.75 Å². The first-order chi connectivity index (χ1) is 10.2. The molecule has 21 heavy (non-hydrogen) atoms. The molecule has 3 heteroatoms. The van der Waals surface area contributed by atoms with Crippen molar-refractivity contribution in [3.05, 3.63) is 65.0 Å². The molecule has 0 aromatic heterocycles. The average molecular weight is 286 g/mol. The first-order valence-electron chi connectivity index (χ1n) is 7.13. The van der Waals surface area contributed by atoms with Crippen molar-refractivity contribution in [1.82, 2.24) is 0 Å². The molecule has 2 aromatic rings. The van der Waals surface area contributed by atoms with Gasteiger partial charge in [-0.3, -0.25) is 4.79 Å². The van der Waals surface area contributed by atoms with Gasteiger partial charge in [-0.1, -0.05) is 37.6 Å². The summed E-state index contributed by atoms with van der Waals surface area (Å²) in [7, 11) is 1.38. The van der Waals surface area contributed by atoms with E-state index in [9.17, 15) is 9.18 Å². The van der Waals surface area contributed by atoms with E-state index in [-0.39, 0.29) is 11.5 Å². The molecule has 2 nitrogen and oxygen atoms in total. The number of rotatable bonds is 6. The first-order valence-corrected chi connectivity index (χ1v) is 7.13. The first kappa shape index (κ1) is 15.2. The number of hydrogen-bond donors (Lipinski definition) is 0. The maximum atomic E-state index is 13.4. The molecule has 0 spiro atoms. The van der Waals surface area contributed by atoms with Crippen LogP contribution in [0.5, 0.6) is 5.75 Å². The normalized spacial score (nSPS) is 10.4. The van der Waals surface area contributed by atoms with Gasteiger partial charge in [-0.15, -0.1) is 0 Å². The molecule has 2 rings (SSSR count). The van der Waals surface area contributed by atoms with Crippen molar-refractivity contribution >= 4 is 5.78 Å². The predicted octanol–water partition coefficient (Wildman–Crippen LogP) is 4.41. The summed E-state index contributed by atoms with van der Waals surface area (Å²) in [5.41, 5.74) is 2.25. The Kier molecular flexibility index (Phi) is 5.09. The molecule has 0 bridgehead atoms. The number of ketones is 1. The molecule has 0 atom stereocenters. The van der Waals surface area contributed by atoms with Gasteiger partial charge in [-0.2, -0.15) is 0 Å². The molecule has 110 valence electrons. The van der Waals surface area contributed by atoms with Gasteiger partial charge in [0.25, 0.3) is 0 Å². The van der Waals surface area contributed by atoms with Crippen LogP contribution in [0.2, 0.25) is 0 Å². The lowest BCUT2D eigenvalue weighted by molar-refractivity contribution is 0.103. The molecule has 2 aromatic carbocycles. The standard InChI is InChI=1S/C18H19FO2/c1-3-4-5-13-6-8-14(9-7-13)18(20)15-10-11-16(19)17(12-15)21-2/h6-12H,3-5H2,1-2H3. The zero-order chi connectivity index (χ0) is 15.2. The van der Waals surface area contributed by atoms with Crippen LogP contribution in [0, 0.1) is 5.82 Å². The van der Waals surface area contributed by atoms with Crippen molar-refractivity contribution in [2.75, 3.05) is 7.11 Å². The lowest BCUT2D eigenvalue weighted by Gasteiger charge is -2.06. The quantitative estimate of drug-likeness (QED) is 0.735. The maximum absolute atomic E-state index is 13.4. The van der Waals surface area contributed by atoms with Gasteiger partial charge in [0.15, 0.2) is 17.3 Å². The molecule has 0 radical (unpaired) electrons.